The average molecular weight is 432 g/mol. The zero-order valence-electron chi connectivity index (χ0n) is 16.9. The van der Waals surface area contributed by atoms with Crippen molar-refractivity contribution in [1.82, 2.24) is 0 Å². The molecule has 30 heavy (non-hydrogen) atoms. The smallest absolute Gasteiger partial charge is 0.356 e. The van der Waals surface area contributed by atoms with E-state index >= 15 is 0 Å². The summed E-state index contributed by atoms with van der Waals surface area (Å²) in [5.41, 5.74) is 2.52. The van der Waals surface area contributed by atoms with Gasteiger partial charge in [0, 0.05) is 5.56 Å². The van der Waals surface area contributed by atoms with Gasteiger partial charge in [0.2, 0.25) is 0 Å². The lowest BCUT2D eigenvalue weighted by Crippen LogP contribution is -2.07. The highest BCUT2D eigenvalue weighted by Gasteiger charge is 2.21. The molecule has 0 atom stereocenters. The molecule has 3 aromatic carbocycles. The molecule has 0 unspecified atom stereocenters. The molecule has 7 heteroatoms. The molecule has 0 radical (unpaired) electrons. The summed E-state index contributed by atoms with van der Waals surface area (Å²) in [6.45, 7) is 5.27. The molecule has 0 bridgehead atoms. The van der Waals surface area contributed by atoms with Crippen molar-refractivity contribution in [3.8, 4) is 22.6 Å². The van der Waals surface area contributed by atoms with Crippen molar-refractivity contribution < 1.29 is 27.9 Å². The number of hydrogen-bond acceptors (Lipinski definition) is 2. The zero-order chi connectivity index (χ0) is 22.1. The predicted octanol–water partition coefficient (Wildman–Crippen LogP) is 5.80. The molecular formula is C23H23F2O4P. The minimum absolute atomic E-state index is 0.0584. The molecule has 4 nitrogen and oxygen atoms in total. The van der Waals surface area contributed by atoms with E-state index in [1.807, 2.05) is 13.0 Å². The minimum atomic E-state index is -4.40. The number of rotatable bonds is 6. The number of halogens is 2. The summed E-state index contributed by atoms with van der Waals surface area (Å²) < 4.78 is 46.3. The summed E-state index contributed by atoms with van der Waals surface area (Å²) in [6, 6.07) is 11.8. The van der Waals surface area contributed by atoms with E-state index in [4.69, 9.17) is 4.74 Å². The summed E-state index contributed by atoms with van der Waals surface area (Å²) in [7, 11) is -4.40. The van der Waals surface area contributed by atoms with Crippen LogP contribution in [-0.4, -0.2) is 9.79 Å². The maximum Gasteiger partial charge on any atom is 0.356 e. The van der Waals surface area contributed by atoms with E-state index in [-0.39, 0.29) is 11.1 Å². The monoisotopic (exact) mass is 432 g/mol. The molecule has 0 amide bonds. The predicted molar refractivity (Wildman–Crippen MR) is 113 cm³/mol. The fraction of sp³-hybridized carbons (Fsp3) is 0.217. The van der Waals surface area contributed by atoms with Gasteiger partial charge in [-0.1, -0.05) is 31.5 Å². The third-order valence-corrected chi connectivity index (χ3v) is 5.74. The van der Waals surface area contributed by atoms with E-state index in [9.17, 15) is 23.1 Å². The van der Waals surface area contributed by atoms with E-state index in [2.05, 4.69) is 0 Å². The lowest BCUT2D eigenvalue weighted by molar-refractivity contribution is 0.387. The van der Waals surface area contributed by atoms with Gasteiger partial charge in [0.15, 0.2) is 11.6 Å². The Morgan fingerprint density at radius 3 is 2.13 bits per heavy atom. The second-order valence-corrected chi connectivity index (χ2v) is 8.87. The van der Waals surface area contributed by atoms with Crippen LogP contribution in [0.15, 0.2) is 48.5 Å². The summed E-state index contributed by atoms with van der Waals surface area (Å²) in [5, 5.41) is -0.123. The van der Waals surface area contributed by atoms with Gasteiger partial charge >= 0.3 is 7.60 Å². The molecule has 158 valence electrons. The van der Waals surface area contributed by atoms with Crippen molar-refractivity contribution in [1.29, 1.82) is 0 Å². The maximum atomic E-state index is 14.7. The van der Waals surface area contributed by atoms with Crippen molar-refractivity contribution in [2.24, 2.45) is 0 Å². The Bertz CT molecular complexity index is 1120. The lowest BCUT2D eigenvalue weighted by atomic mass is 10.0. The first-order chi connectivity index (χ1) is 14.1. The molecule has 0 spiro atoms. The van der Waals surface area contributed by atoms with Crippen LogP contribution in [-0.2, 0) is 11.0 Å². The topological polar surface area (TPSA) is 66.8 Å². The Balaban J connectivity index is 1.91. The van der Waals surface area contributed by atoms with E-state index in [1.165, 1.54) is 30.3 Å². The second kappa shape index (κ2) is 8.68. The Kier molecular flexibility index (Phi) is 6.41. The van der Waals surface area contributed by atoms with Crippen LogP contribution in [0.2, 0.25) is 0 Å². The largest absolute Gasteiger partial charge is 0.454 e. The molecule has 0 aromatic heterocycles. The lowest BCUT2D eigenvalue weighted by Gasteiger charge is -2.15. The quantitative estimate of drug-likeness (QED) is 0.484. The third-order valence-electron chi connectivity index (χ3n) is 4.81. The molecule has 3 rings (SSSR count). The molecule has 0 aliphatic carbocycles. The minimum Gasteiger partial charge on any atom is -0.454 e. The Morgan fingerprint density at radius 1 is 0.933 bits per heavy atom. The first-order valence-corrected chi connectivity index (χ1v) is 11.1. The van der Waals surface area contributed by atoms with Gasteiger partial charge in [-0.05, 0) is 72.9 Å². The van der Waals surface area contributed by atoms with E-state index in [0.717, 1.165) is 18.4 Å². The SMILES string of the molecule is CCCc1ccc(-c2ccc(Oc3c(C)cc(P(=O)(O)O)cc3C)c(F)c2)c(F)c1. The normalized spacial score (nSPS) is 11.6. The van der Waals surface area contributed by atoms with Crippen molar-refractivity contribution in [3.63, 3.8) is 0 Å². The first-order valence-electron chi connectivity index (χ1n) is 9.53. The Morgan fingerprint density at radius 2 is 1.60 bits per heavy atom. The van der Waals surface area contributed by atoms with E-state index < -0.39 is 19.2 Å². The van der Waals surface area contributed by atoms with Gasteiger partial charge in [-0.15, -0.1) is 0 Å². The summed E-state index contributed by atoms with van der Waals surface area (Å²) >= 11 is 0. The molecular weight excluding hydrogens is 409 g/mol. The van der Waals surface area contributed by atoms with Crippen LogP contribution in [0, 0.1) is 25.5 Å². The van der Waals surface area contributed by atoms with Gasteiger partial charge in [0.05, 0.1) is 5.30 Å². The highest BCUT2D eigenvalue weighted by atomic mass is 31.2. The van der Waals surface area contributed by atoms with Crippen LogP contribution >= 0.6 is 7.60 Å². The van der Waals surface area contributed by atoms with Gasteiger partial charge in [0.25, 0.3) is 0 Å². The van der Waals surface area contributed by atoms with Crippen LogP contribution in [0.4, 0.5) is 8.78 Å². The van der Waals surface area contributed by atoms with Crippen LogP contribution in [0.5, 0.6) is 11.5 Å². The maximum absolute atomic E-state index is 14.7. The van der Waals surface area contributed by atoms with Crippen molar-refractivity contribution >= 4 is 12.9 Å². The van der Waals surface area contributed by atoms with E-state index in [0.29, 0.717) is 28.0 Å². The third kappa shape index (κ3) is 4.78. The van der Waals surface area contributed by atoms with Gasteiger partial charge in [0.1, 0.15) is 11.6 Å². The fourth-order valence-corrected chi connectivity index (χ4v) is 4.08. The fourth-order valence-electron chi connectivity index (χ4n) is 3.35. The van der Waals surface area contributed by atoms with Gasteiger partial charge in [-0.25, -0.2) is 8.78 Å². The molecule has 3 aromatic rings. The molecule has 0 heterocycles. The molecule has 0 aliphatic heterocycles. The highest BCUT2D eigenvalue weighted by molar-refractivity contribution is 7.60. The van der Waals surface area contributed by atoms with Crippen LogP contribution in [0.3, 0.4) is 0 Å². The van der Waals surface area contributed by atoms with Crippen LogP contribution in [0.25, 0.3) is 11.1 Å². The molecule has 0 aliphatic rings. The summed E-state index contributed by atoms with van der Waals surface area (Å²) in [4.78, 5) is 18.7. The molecule has 2 N–H and O–H groups in total. The average Bonchev–Trinajstić information content (AvgIpc) is 2.65. The molecule has 0 saturated carbocycles. The highest BCUT2D eigenvalue weighted by Crippen LogP contribution is 2.38. The van der Waals surface area contributed by atoms with Gasteiger partial charge in [-0.3, -0.25) is 4.57 Å². The molecule has 0 saturated heterocycles. The Labute approximate surface area is 174 Å². The first kappa shape index (κ1) is 22.2. The molecule has 0 fully saturated rings. The van der Waals surface area contributed by atoms with E-state index in [1.54, 1.807) is 26.0 Å². The summed E-state index contributed by atoms with van der Waals surface area (Å²) in [5.74, 6) is -0.818. The number of ether oxygens (including phenoxy) is 1. The van der Waals surface area contributed by atoms with Crippen LogP contribution in [0.1, 0.15) is 30.0 Å². The number of benzene rings is 3. The number of aryl methyl sites for hydroxylation is 3. The summed E-state index contributed by atoms with van der Waals surface area (Å²) in [6.07, 6.45) is 1.69. The van der Waals surface area contributed by atoms with Gasteiger partial charge in [-0.2, -0.15) is 0 Å². The zero-order valence-corrected chi connectivity index (χ0v) is 17.8. The van der Waals surface area contributed by atoms with Crippen LogP contribution < -0.4 is 10.0 Å². The second-order valence-electron chi connectivity index (χ2n) is 7.26. The Hall–Kier alpha value is -2.53. The van der Waals surface area contributed by atoms with Crippen molar-refractivity contribution in [2.45, 2.75) is 33.6 Å². The van der Waals surface area contributed by atoms with Gasteiger partial charge < -0.3 is 14.5 Å². The standard InChI is InChI=1S/C23H23F2O4P/c1-4-5-16-6-8-19(20(24)12-16)17-7-9-22(21(25)13-17)29-23-14(2)10-18(11-15(23)3)30(26,27)28/h6-13H,4-5H2,1-3H3,(H2,26,27,28). The number of hydrogen-bond donors (Lipinski definition) is 2. The van der Waals surface area contributed by atoms with Crippen molar-refractivity contribution in [2.75, 3.05) is 0 Å². The van der Waals surface area contributed by atoms with Crippen molar-refractivity contribution in [3.05, 3.63) is 76.9 Å².